The molecule has 0 saturated heterocycles. The van der Waals surface area contributed by atoms with Gasteiger partial charge in [0.15, 0.2) is 0 Å². The maximum Gasteiger partial charge on any atom is 0.416 e. The number of benzene rings is 1. The number of rotatable bonds is 10. The summed E-state index contributed by atoms with van der Waals surface area (Å²) in [5.41, 5.74) is -2.17. The first-order valence-electron chi connectivity index (χ1n) is 14.3. The van der Waals surface area contributed by atoms with Crippen molar-refractivity contribution in [3.63, 3.8) is 0 Å². The molecule has 0 aliphatic carbocycles. The van der Waals surface area contributed by atoms with Crippen molar-refractivity contribution in [1.29, 1.82) is 0 Å². The highest BCUT2D eigenvalue weighted by molar-refractivity contribution is 5.90. The third-order valence-electron chi connectivity index (χ3n) is 7.37. The van der Waals surface area contributed by atoms with E-state index in [1.165, 1.54) is 18.2 Å². The highest BCUT2D eigenvalue weighted by Crippen LogP contribution is 2.40. The first kappa shape index (κ1) is 34.2. The van der Waals surface area contributed by atoms with Crippen molar-refractivity contribution in [3.8, 4) is 5.88 Å². The smallest absolute Gasteiger partial charge is 0.416 e. The second kappa shape index (κ2) is 13.8. The van der Waals surface area contributed by atoms with E-state index in [-0.39, 0.29) is 60.2 Å². The Balaban J connectivity index is 1.76. The minimum Gasteiger partial charge on any atom is -0.481 e. The summed E-state index contributed by atoms with van der Waals surface area (Å²) in [5.74, 6) is -0.945. The highest BCUT2D eigenvalue weighted by atomic mass is 19.4. The number of pyridine rings is 1. The minimum absolute atomic E-state index is 0.0305. The Kier molecular flexibility index (Phi) is 10.3. The molecule has 2 N–H and O–H groups in total. The van der Waals surface area contributed by atoms with Crippen LogP contribution in [-0.2, 0) is 34.7 Å². The van der Waals surface area contributed by atoms with Crippen LogP contribution in [0, 0.1) is 0 Å². The fraction of sp³-hybridized carbons (Fsp3) is 0.433. The number of carbonyl (C=O) groups excluding carboxylic acids is 1. The molecule has 1 amide bonds. The molecule has 0 spiro atoms. The summed E-state index contributed by atoms with van der Waals surface area (Å²) in [5, 5.41) is 12.3. The van der Waals surface area contributed by atoms with Gasteiger partial charge in [0, 0.05) is 31.1 Å². The van der Waals surface area contributed by atoms with Crippen LogP contribution in [0.5, 0.6) is 5.88 Å². The summed E-state index contributed by atoms with van der Waals surface area (Å²) in [7, 11) is 1.42. The Morgan fingerprint density at radius 3 is 2.28 bits per heavy atom. The number of nitrogens with zero attached hydrogens (tertiary/aromatic N) is 4. The predicted octanol–water partition coefficient (Wildman–Crippen LogP) is 6.82. The van der Waals surface area contributed by atoms with Crippen LogP contribution < -0.4 is 15.0 Å². The fourth-order valence-electron chi connectivity index (χ4n) is 5.21. The molecular formula is C30H31F6N5O5. The van der Waals surface area contributed by atoms with Crippen molar-refractivity contribution in [2.24, 2.45) is 0 Å². The molecule has 248 valence electrons. The Labute approximate surface area is 259 Å². The van der Waals surface area contributed by atoms with Crippen molar-refractivity contribution < 1.29 is 50.5 Å². The van der Waals surface area contributed by atoms with E-state index in [0.29, 0.717) is 36.4 Å². The van der Waals surface area contributed by atoms with E-state index in [1.807, 2.05) is 6.92 Å². The van der Waals surface area contributed by atoms with Crippen molar-refractivity contribution >= 4 is 23.7 Å². The van der Waals surface area contributed by atoms with Crippen molar-refractivity contribution in [1.82, 2.24) is 15.0 Å². The third kappa shape index (κ3) is 7.95. The largest absolute Gasteiger partial charge is 0.481 e. The third-order valence-corrected chi connectivity index (χ3v) is 7.37. The molecule has 3 heterocycles. The Morgan fingerprint density at radius 1 is 1.04 bits per heavy atom. The fourth-order valence-corrected chi connectivity index (χ4v) is 5.21. The van der Waals surface area contributed by atoms with Crippen molar-refractivity contribution in [2.45, 2.75) is 70.4 Å². The molecule has 0 saturated carbocycles. The van der Waals surface area contributed by atoms with E-state index >= 15 is 0 Å². The van der Waals surface area contributed by atoms with Crippen LogP contribution in [0.25, 0.3) is 0 Å². The van der Waals surface area contributed by atoms with Gasteiger partial charge in [-0.2, -0.15) is 26.3 Å². The van der Waals surface area contributed by atoms with Gasteiger partial charge in [0.25, 0.3) is 0 Å². The number of alkyl halides is 6. The number of aliphatic carboxylic acids is 1. The first-order chi connectivity index (χ1) is 21.6. The SMILES string of the molecule is CCOC(=O)N1c2ccc(OC)nc2[C@@H](Nc2ncc(CCC(=O)O)c(Cc3cc(C(F)(F)F)cc(C(F)(F)F)c3)n2)C[C@H]1CC. The maximum atomic E-state index is 13.5. The van der Waals surface area contributed by atoms with Crippen LogP contribution in [0.3, 0.4) is 0 Å². The van der Waals surface area contributed by atoms with Gasteiger partial charge in [-0.15, -0.1) is 0 Å². The van der Waals surface area contributed by atoms with Gasteiger partial charge in [-0.3, -0.25) is 9.69 Å². The molecular weight excluding hydrogens is 624 g/mol. The van der Waals surface area contributed by atoms with E-state index < -0.39 is 48.0 Å². The number of ether oxygens (including phenoxy) is 2. The highest BCUT2D eigenvalue weighted by Gasteiger charge is 2.39. The lowest BCUT2D eigenvalue weighted by Crippen LogP contribution is -2.46. The van der Waals surface area contributed by atoms with Gasteiger partial charge in [0.05, 0.1) is 48.0 Å². The molecule has 4 rings (SSSR count). The van der Waals surface area contributed by atoms with E-state index in [4.69, 9.17) is 9.47 Å². The lowest BCUT2D eigenvalue weighted by atomic mass is 9.93. The van der Waals surface area contributed by atoms with Gasteiger partial charge in [-0.25, -0.2) is 19.7 Å². The van der Waals surface area contributed by atoms with Crippen LogP contribution in [0.15, 0.2) is 36.5 Å². The number of carboxylic acids is 1. The van der Waals surface area contributed by atoms with Gasteiger partial charge < -0.3 is 19.9 Å². The molecule has 1 aliphatic heterocycles. The summed E-state index contributed by atoms with van der Waals surface area (Å²) in [6, 6.07) is 3.53. The number of methoxy groups -OCH3 is 1. The Morgan fingerprint density at radius 2 is 1.72 bits per heavy atom. The number of aromatic nitrogens is 3. The standard InChI is InChI=1S/C30H31F6N5O5/c1-4-20-14-22(26-23(7-8-24(40-26)45-3)41(20)28(44)46-5-2)39-27-37-15-17(6-9-25(42)43)21(38-27)12-16-10-18(29(31,32)33)13-19(11-16)30(34,35)36/h7-8,10-11,13,15,20,22H,4-6,9,12,14H2,1-3H3,(H,42,43)(H,37,38,39)/t20-,22+/m1/s1. The molecule has 10 nitrogen and oxygen atoms in total. The zero-order valence-corrected chi connectivity index (χ0v) is 25.0. The number of amides is 1. The summed E-state index contributed by atoms with van der Waals surface area (Å²) in [4.78, 5) is 38.9. The summed E-state index contributed by atoms with van der Waals surface area (Å²) in [6.45, 7) is 3.71. The first-order valence-corrected chi connectivity index (χ1v) is 14.3. The van der Waals surface area contributed by atoms with E-state index in [2.05, 4.69) is 20.3 Å². The summed E-state index contributed by atoms with van der Waals surface area (Å²) in [6.07, 6.45) is -9.50. The molecule has 1 aliphatic rings. The summed E-state index contributed by atoms with van der Waals surface area (Å²) < 4.78 is 91.7. The average Bonchev–Trinajstić information content (AvgIpc) is 2.99. The maximum absolute atomic E-state index is 13.5. The number of aryl methyl sites for hydroxylation is 1. The Hall–Kier alpha value is -4.63. The quantitative estimate of drug-likeness (QED) is 0.226. The normalized spacial score (nSPS) is 16.5. The molecule has 1 aromatic carbocycles. The molecule has 0 fully saturated rings. The van der Waals surface area contributed by atoms with Gasteiger partial charge in [0.1, 0.15) is 0 Å². The van der Waals surface area contributed by atoms with E-state index in [0.717, 1.165) is 0 Å². The zero-order chi connectivity index (χ0) is 33.8. The van der Waals surface area contributed by atoms with Crippen molar-refractivity contribution in [3.05, 3.63) is 70.2 Å². The number of halogens is 6. The molecule has 2 aromatic heterocycles. The summed E-state index contributed by atoms with van der Waals surface area (Å²) >= 11 is 0. The van der Waals surface area contributed by atoms with Gasteiger partial charge in [0.2, 0.25) is 11.8 Å². The second-order valence-electron chi connectivity index (χ2n) is 10.5. The molecule has 2 atom stereocenters. The minimum atomic E-state index is -5.05. The van der Waals surface area contributed by atoms with Crippen LogP contribution >= 0.6 is 0 Å². The van der Waals surface area contributed by atoms with Gasteiger partial charge in [-0.05, 0) is 61.6 Å². The molecule has 0 radical (unpaired) electrons. The lowest BCUT2D eigenvalue weighted by Gasteiger charge is -2.39. The number of anilines is 2. The number of hydrogen-bond acceptors (Lipinski definition) is 8. The van der Waals surface area contributed by atoms with Crippen LogP contribution in [0.2, 0.25) is 0 Å². The zero-order valence-electron chi connectivity index (χ0n) is 25.0. The molecule has 46 heavy (non-hydrogen) atoms. The number of hydrogen-bond donors (Lipinski definition) is 2. The van der Waals surface area contributed by atoms with Crippen LogP contribution in [0.4, 0.5) is 42.8 Å². The lowest BCUT2D eigenvalue weighted by molar-refractivity contribution is -0.143. The second-order valence-corrected chi connectivity index (χ2v) is 10.5. The molecule has 3 aromatic rings. The van der Waals surface area contributed by atoms with E-state index in [1.54, 1.807) is 19.1 Å². The average molecular weight is 656 g/mol. The molecule has 16 heteroatoms. The molecule has 0 unspecified atom stereocenters. The predicted molar refractivity (Wildman–Crippen MR) is 153 cm³/mol. The number of nitrogens with one attached hydrogen (secondary N) is 1. The van der Waals surface area contributed by atoms with Crippen molar-refractivity contribution in [2.75, 3.05) is 23.9 Å². The topological polar surface area (TPSA) is 127 Å². The number of carboxylic acid groups (broad SMARTS) is 1. The number of fused-ring (bicyclic) bond motifs is 1. The van der Waals surface area contributed by atoms with Gasteiger partial charge in [-0.1, -0.05) is 6.92 Å². The van der Waals surface area contributed by atoms with Gasteiger partial charge >= 0.3 is 24.4 Å². The number of carbonyl (C=O) groups is 2. The Bertz CT molecular complexity index is 1550. The van der Waals surface area contributed by atoms with Crippen LogP contribution in [-0.4, -0.2) is 51.9 Å². The molecule has 0 bridgehead atoms. The van der Waals surface area contributed by atoms with Crippen LogP contribution in [0.1, 0.15) is 72.8 Å². The monoisotopic (exact) mass is 655 g/mol. The van der Waals surface area contributed by atoms with E-state index in [9.17, 15) is 41.0 Å².